The first-order valence-corrected chi connectivity index (χ1v) is 12.2. The molecule has 0 N–H and O–H groups in total. The maximum Gasteiger partial charge on any atom is 2.00 e. The molecular formula is H5GaGe5O10Zn. The van der Waals surface area contributed by atoms with Gasteiger partial charge in [-0.1, -0.05) is 0 Å². The SMILES string of the molecule is [Ga+3].[O]=[GeH][O-].[O]=[GeH][O-].[O]=[GeH][O-].[O]=[GeH][O-].[O]=[GeH][O-].[Zn+2]. The molecule has 90 valence electrons. The standard InChI is InChI=1S/Ga.5GeHO2.Zn/c;5*2-1-3;/h;5*1H;/q+3;5*-1;+2. The predicted octanol–water partition coefficient (Wildman–Crippen LogP) is -10.2. The van der Waals surface area contributed by atoms with Gasteiger partial charge in [0, 0.05) is 0 Å². The topological polar surface area (TPSA) is 201 Å². The fourth-order valence-electron chi connectivity index (χ4n) is 0. The summed E-state index contributed by atoms with van der Waals surface area (Å²) < 4.78 is 85.3. The van der Waals surface area contributed by atoms with Crippen molar-refractivity contribution >= 4 is 98.3 Å². The quantitative estimate of drug-likeness (QED) is 0.224. The zero-order valence-electron chi connectivity index (χ0n) is 8.25. The fourth-order valence-corrected chi connectivity index (χ4v) is 0. The van der Waals surface area contributed by atoms with Gasteiger partial charge in [-0.3, -0.25) is 0 Å². The van der Waals surface area contributed by atoms with E-state index in [0.717, 1.165) is 0 Å². The third kappa shape index (κ3) is 1180. The zero-order chi connectivity index (χ0) is 13.5. The molecule has 0 aliphatic heterocycles. The van der Waals surface area contributed by atoms with Crippen LogP contribution in [0.25, 0.3) is 0 Å². The Labute approximate surface area is 155 Å². The molecule has 0 saturated heterocycles. The van der Waals surface area contributed by atoms with Crippen LogP contribution in [0.15, 0.2) is 0 Å². The second-order valence-corrected chi connectivity index (χ2v) is 2.50. The number of hydrogen-bond donors (Lipinski definition) is 0. The van der Waals surface area contributed by atoms with Crippen molar-refractivity contribution in [3.8, 4) is 0 Å². The minimum atomic E-state index is -2.19. The van der Waals surface area contributed by atoms with E-state index in [1.54, 1.807) is 0 Å². The van der Waals surface area contributed by atoms with Gasteiger partial charge in [0.05, 0.1) is 0 Å². The van der Waals surface area contributed by atoms with E-state index in [4.69, 9.17) is 39.6 Å². The van der Waals surface area contributed by atoms with Gasteiger partial charge in [0.15, 0.2) is 0 Å². The normalized spacial score (nSPS) is 3.53. The van der Waals surface area contributed by atoms with E-state index in [9.17, 15) is 0 Å². The van der Waals surface area contributed by atoms with Gasteiger partial charge in [0.2, 0.25) is 0 Å². The Morgan fingerprint density at radius 2 is 0.471 bits per heavy atom. The van der Waals surface area contributed by atoms with Crippen LogP contribution in [0.5, 0.6) is 0 Å². The van der Waals surface area contributed by atoms with E-state index < -0.39 is 78.5 Å². The third-order valence-corrected chi connectivity index (χ3v) is 0. The van der Waals surface area contributed by atoms with Gasteiger partial charge >= 0.3 is 157 Å². The molecule has 0 rings (SSSR count). The summed E-state index contributed by atoms with van der Waals surface area (Å²) in [5.41, 5.74) is 0. The van der Waals surface area contributed by atoms with Crippen molar-refractivity contribution in [3.05, 3.63) is 0 Å². The second kappa shape index (κ2) is 106. The van der Waals surface area contributed by atoms with Crippen LogP contribution in [0.4, 0.5) is 0 Å². The maximum atomic E-state index is 8.53. The molecule has 0 aliphatic rings. The molecule has 0 heterocycles. The molecule has 0 aromatic rings. The van der Waals surface area contributed by atoms with Crippen LogP contribution in [0, 0.1) is 0 Å². The number of hydrogen-bond acceptors (Lipinski definition) is 10. The van der Waals surface area contributed by atoms with Gasteiger partial charge in [-0.15, -0.1) is 0 Å². The van der Waals surface area contributed by atoms with Gasteiger partial charge in [0.25, 0.3) is 0 Å². The molecular weight excluding hydrogens is 658 g/mol. The summed E-state index contributed by atoms with van der Waals surface area (Å²) in [6, 6.07) is 0. The van der Waals surface area contributed by atoms with E-state index in [2.05, 4.69) is 0 Å². The van der Waals surface area contributed by atoms with E-state index in [-0.39, 0.29) is 39.3 Å². The molecule has 0 radical (unpaired) electrons. The van der Waals surface area contributed by atoms with Crippen LogP contribution < -0.4 is 20.7 Å². The van der Waals surface area contributed by atoms with Crippen LogP contribution in [0.2, 0.25) is 0 Å². The zero-order valence-corrected chi connectivity index (χ0v) is 25.8. The summed E-state index contributed by atoms with van der Waals surface area (Å²) >= 11 is -10.9. The molecule has 0 atom stereocenters. The van der Waals surface area contributed by atoms with E-state index in [1.807, 2.05) is 0 Å². The monoisotopic (exact) mass is 667 g/mol. The van der Waals surface area contributed by atoms with E-state index in [1.165, 1.54) is 0 Å². The number of rotatable bonds is 0. The van der Waals surface area contributed by atoms with Crippen molar-refractivity contribution in [2.45, 2.75) is 0 Å². The van der Waals surface area contributed by atoms with Crippen molar-refractivity contribution in [1.82, 2.24) is 0 Å². The van der Waals surface area contributed by atoms with Crippen molar-refractivity contribution in [1.29, 1.82) is 0 Å². The first-order valence-electron chi connectivity index (χ1n) is 2.36. The van der Waals surface area contributed by atoms with Crippen LogP contribution in [0.1, 0.15) is 0 Å². The van der Waals surface area contributed by atoms with E-state index >= 15 is 0 Å². The Balaban J connectivity index is -0.0000000143. The molecule has 0 unspecified atom stereocenters. The van der Waals surface area contributed by atoms with Crippen LogP contribution in [-0.4, -0.2) is 98.3 Å². The summed E-state index contributed by atoms with van der Waals surface area (Å²) in [7, 11) is 0. The van der Waals surface area contributed by atoms with Crippen molar-refractivity contribution in [2.75, 3.05) is 0 Å². The molecule has 0 aliphatic carbocycles. The summed E-state index contributed by atoms with van der Waals surface area (Å²) in [6.45, 7) is 0. The third-order valence-electron chi connectivity index (χ3n) is 0. The Hall–Kier alpha value is 1.97. The van der Waals surface area contributed by atoms with E-state index in [0.29, 0.717) is 0 Å². The first kappa shape index (κ1) is 42.8. The molecule has 17 heavy (non-hydrogen) atoms. The summed E-state index contributed by atoms with van der Waals surface area (Å²) in [6.07, 6.45) is 0. The van der Waals surface area contributed by atoms with Gasteiger partial charge in [0.1, 0.15) is 0 Å². The average Bonchev–Trinajstić information content (AvgIpc) is 2.09. The smallest absolute Gasteiger partial charge is 2.00 e. The maximum absolute atomic E-state index is 8.53. The Morgan fingerprint density at radius 1 is 0.471 bits per heavy atom. The molecule has 0 fully saturated rings. The summed E-state index contributed by atoms with van der Waals surface area (Å²) in [5, 5.41) is 0. The van der Waals surface area contributed by atoms with Crippen molar-refractivity contribution in [3.63, 3.8) is 0 Å². The van der Waals surface area contributed by atoms with Gasteiger partial charge in [-0.05, 0) is 0 Å². The summed E-state index contributed by atoms with van der Waals surface area (Å²) in [5.74, 6) is 0. The molecule has 0 saturated carbocycles. The molecule has 0 amide bonds. The van der Waals surface area contributed by atoms with Gasteiger partial charge < -0.3 is 0 Å². The van der Waals surface area contributed by atoms with Crippen molar-refractivity contribution < 1.29 is 59.0 Å². The largest absolute Gasteiger partial charge is 2.00 e. The van der Waals surface area contributed by atoms with Crippen LogP contribution in [0.3, 0.4) is 0 Å². The molecule has 17 heteroatoms. The second-order valence-electron chi connectivity index (χ2n) is 0.481. The van der Waals surface area contributed by atoms with Gasteiger partial charge in [-0.2, -0.15) is 0 Å². The Kier molecular flexibility index (Phi) is 268. The van der Waals surface area contributed by atoms with Crippen LogP contribution in [-0.2, 0) is 38.4 Å². The molecule has 0 spiro atoms. The average molecular weight is 663 g/mol. The molecule has 0 bridgehead atoms. The van der Waals surface area contributed by atoms with Crippen LogP contribution >= 0.6 is 0 Å². The summed E-state index contributed by atoms with van der Waals surface area (Å²) in [4.78, 5) is 0. The molecule has 10 nitrogen and oxygen atoms in total. The minimum Gasteiger partial charge on any atom is 2.00 e. The van der Waals surface area contributed by atoms with Gasteiger partial charge in [-0.25, -0.2) is 0 Å². The minimum absolute atomic E-state index is 0. The molecule has 0 aromatic heterocycles. The van der Waals surface area contributed by atoms with Crippen molar-refractivity contribution in [2.24, 2.45) is 0 Å². The first-order chi connectivity index (χ1) is 7.07. The predicted molar refractivity (Wildman–Crippen MR) is 44.9 cm³/mol. The Bertz CT molecular complexity index is 97.0. The molecule has 0 aromatic carbocycles. The Morgan fingerprint density at radius 3 is 0.471 bits per heavy atom. The fraction of sp³-hybridized carbons (Fsp3) is 0.